The van der Waals surface area contributed by atoms with Crippen molar-refractivity contribution >= 4 is 11.8 Å². The van der Waals surface area contributed by atoms with Crippen molar-refractivity contribution in [2.45, 2.75) is 45.1 Å². The van der Waals surface area contributed by atoms with Crippen LogP contribution in [0.4, 0.5) is 16.2 Å². The van der Waals surface area contributed by atoms with Gasteiger partial charge in [-0.25, -0.2) is 9.37 Å². The molecule has 2 heterocycles. The van der Waals surface area contributed by atoms with Crippen molar-refractivity contribution in [1.82, 2.24) is 9.97 Å². The molecule has 0 spiro atoms. The summed E-state index contributed by atoms with van der Waals surface area (Å²) in [6.07, 6.45) is 6.75. The molecule has 1 aromatic rings. The van der Waals surface area contributed by atoms with Gasteiger partial charge in [-0.2, -0.15) is 4.98 Å². The number of halogens is 1. The average Bonchev–Trinajstić information content (AvgIpc) is 2.57. The average molecular weight is 238 g/mol. The van der Waals surface area contributed by atoms with E-state index in [1.165, 1.54) is 12.8 Å². The summed E-state index contributed by atoms with van der Waals surface area (Å²) in [5, 5.41) is 0. The topological polar surface area (TPSA) is 55.0 Å². The predicted octanol–water partition coefficient (Wildman–Crippen LogP) is 2.36. The first-order chi connectivity index (χ1) is 8.22. The number of anilines is 2. The van der Waals surface area contributed by atoms with E-state index in [1.54, 1.807) is 0 Å². The molecule has 4 nitrogen and oxygen atoms in total. The van der Waals surface area contributed by atoms with Crippen molar-refractivity contribution in [2.24, 2.45) is 0 Å². The molecule has 0 saturated carbocycles. The van der Waals surface area contributed by atoms with Crippen LogP contribution in [0.25, 0.3) is 0 Å². The predicted molar refractivity (Wildman–Crippen MR) is 66.3 cm³/mol. The van der Waals surface area contributed by atoms with Crippen molar-refractivity contribution in [3.8, 4) is 0 Å². The van der Waals surface area contributed by atoms with Gasteiger partial charge in [-0.05, 0) is 19.3 Å². The zero-order valence-corrected chi connectivity index (χ0v) is 10.2. The van der Waals surface area contributed by atoms with Crippen molar-refractivity contribution < 1.29 is 4.39 Å². The molecule has 2 N–H and O–H groups in total. The smallest absolute Gasteiger partial charge is 0.222 e. The molecular weight excluding hydrogens is 219 g/mol. The normalized spacial score (nSPS) is 21.3. The Labute approximate surface area is 101 Å². The Morgan fingerprint density at radius 3 is 3.06 bits per heavy atom. The van der Waals surface area contributed by atoms with E-state index in [9.17, 15) is 4.39 Å². The van der Waals surface area contributed by atoms with E-state index in [2.05, 4.69) is 21.8 Å². The van der Waals surface area contributed by atoms with Gasteiger partial charge in [0.1, 0.15) is 0 Å². The fraction of sp³-hybridized carbons (Fsp3) is 0.667. The molecular formula is C12H19FN4. The molecule has 1 atom stereocenters. The summed E-state index contributed by atoms with van der Waals surface area (Å²) in [5.74, 6) is 0.131. The van der Waals surface area contributed by atoms with Gasteiger partial charge in [0.2, 0.25) is 5.95 Å². The summed E-state index contributed by atoms with van der Waals surface area (Å²) in [5.41, 5.74) is 5.54. The van der Waals surface area contributed by atoms with Gasteiger partial charge in [0.25, 0.3) is 0 Å². The third-order valence-corrected chi connectivity index (χ3v) is 3.36. The second-order valence-corrected chi connectivity index (χ2v) is 4.50. The number of hydrogen-bond acceptors (Lipinski definition) is 4. The number of rotatable bonds is 2. The van der Waals surface area contributed by atoms with Gasteiger partial charge in [0.15, 0.2) is 11.6 Å². The number of nitrogens with zero attached hydrogens (tertiary/aromatic N) is 3. The number of nitrogen functional groups attached to an aromatic ring is 1. The molecule has 0 amide bonds. The largest absolute Gasteiger partial charge is 0.368 e. The van der Waals surface area contributed by atoms with Crippen LogP contribution in [0.2, 0.25) is 0 Å². The van der Waals surface area contributed by atoms with Crippen LogP contribution in [0.3, 0.4) is 0 Å². The Balaban J connectivity index is 2.31. The van der Waals surface area contributed by atoms with Crippen LogP contribution in [0, 0.1) is 5.82 Å². The first-order valence-electron chi connectivity index (χ1n) is 6.27. The molecule has 1 unspecified atom stereocenters. The standard InChI is InChI=1S/C12H19FN4/c1-2-9-6-4-3-5-7-17(9)11-10(13)8-15-12(14)16-11/h8-9H,2-7H2,1H3,(H2,14,15,16). The molecule has 1 aliphatic heterocycles. The molecule has 5 heteroatoms. The molecule has 0 radical (unpaired) electrons. The molecule has 17 heavy (non-hydrogen) atoms. The maximum Gasteiger partial charge on any atom is 0.222 e. The highest BCUT2D eigenvalue weighted by molar-refractivity contribution is 5.43. The van der Waals surface area contributed by atoms with Gasteiger partial charge >= 0.3 is 0 Å². The minimum Gasteiger partial charge on any atom is -0.368 e. The fourth-order valence-corrected chi connectivity index (χ4v) is 2.45. The summed E-state index contributed by atoms with van der Waals surface area (Å²) in [4.78, 5) is 9.78. The molecule has 1 aliphatic rings. The van der Waals surface area contributed by atoms with Crippen LogP contribution < -0.4 is 10.6 Å². The van der Waals surface area contributed by atoms with E-state index < -0.39 is 0 Å². The van der Waals surface area contributed by atoms with E-state index >= 15 is 0 Å². The minimum absolute atomic E-state index is 0.139. The maximum absolute atomic E-state index is 13.8. The maximum atomic E-state index is 13.8. The van der Waals surface area contributed by atoms with Gasteiger partial charge in [-0.3, -0.25) is 0 Å². The lowest BCUT2D eigenvalue weighted by Crippen LogP contribution is -2.36. The third kappa shape index (κ3) is 2.65. The SMILES string of the molecule is CCC1CCCCCN1c1nc(N)ncc1F. The number of nitrogens with two attached hydrogens (primary N) is 1. The van der Waals surface area contributed by atoms with Gasteiger partial charge < -0.3 is 10.6 Å². The first kappa shape index (κ1) is 12.1. The summed E-state index contributed by atoms with van der Waals surface area (Å²) >= 11 is 0. The Kier molecular flexibility index (Phi) is 3.76. The lowest BCUT2D eigenvalue weighted by atomic mass is 10.1. The van der Waals surface area contributed by atoms with Gasteiger partial charge in [-0.1, -0.05) is 19.8 Å². The highest BCUT2D eigenvalue weighted by Crippen LogP contribution is 2.26. The zero-order valence-electron chi connectivity index (χ0n) is 10.2. The number of hydrogen-bond donors (Lipinski definition) is 1. The lowest BCUT2D eigenvalue weighted by Gasteiger charge is -2.30. The molecule has 1 fully saturated rings. The first-order valence-corrected chi connectivity index (χ1v) is 6.27. The molecule has 0 aromatic carbocycles. The van der Waals surface area contributed by atoms with Crippen LogP contribution in [-0.2, 0) is 0 Å². The van der Waals surface area contributed by atoms with Crippen LogP contribution in [0.5, 0.6) is 0 Å². The highest BCUT2D eigenvalue weighted by Gasteiger charge is 2.23. The van der Waals surface area contributed by atoms with E-state index in [0.717, 1.165) is 32.0 Å². The van der Waals surface area contributed by atoms with Crippen molar-refractivity contribution in [3.05, 3.63) is 12.0 Å². The fourth-order valence-electron chi connectivity index (χ4n) is 2.45. The van der Waals surface area contributed by atoms with Crippen molar-refractivity contribution in [3.63, 3.8) is 0 Å². The summed E-state index contributed by atoms with van der Waals surface area (Å²) in [6, 6.07) is 0.362. The van der Waals surface area contributed by atoms with E-state index in [4.69, 9.17) is 5.73 Å². The zero-order chi connectivity index (χ0) is 12.3. The Morgan fingerprint density at radius 1 is 1.47 bits per heavy atom. The van der Waals surface area contributed by atoms with Crippen LogP contribution in [-0.4, -0.2) is 22.6 Å². The molecule has 0 aliphatic carbocycles. The van der Waals surface area contributed by atoms with Crippen LogP contribution in [0.15, 0.2) is 6.20 Å². The summed E-state index contributed by atoms with van der Waals surface area (Å²) < 4.78 is 13.8. The molecule has 1 aromatic heterocycles. The minimum atomic E-state index is -0.375. The number of aromatic nitrogens is 2. The molecule has 1 saturated heterocycles. The Hall–Kier alpha value is -1.39. The second-order valence-electron chi connectivity index (χ2n) is 4.50. The Bertz CT molecular complexity index is 383. The van der Waals surface area contributed by atoms with Gasteiger partial charge in [0, 0.05) is 12.6 Å². The van der Waals surface area contributed by atoms with E-state index in [1.807, 2.05) is 0 Å². The van der Waals surface area contributed by atoms with Gasteiger partial charge in [-0.15, -0.1) is 0 Å². The highest BCUT2D eigenvalue weighted by atomic mass is 19.1. The van der Waals surface area contributed by atoms with E-state index in [-0.39, 0.29) is 11.8 Å². The molecule has 94 valence electrons. The third-order valence-electron chi connectivity index (χ3n) is 3.36. The van der Waals surface area contributed by atoms with Crippen LogP contribution in [0.1, 0.15) is 39.0 Å². The molecule has 0 bridgehead atoms. The van der Waals surface area contributed by atoms with Gasteiger partial charge in [0.05, 0.1) is 6.20 Å². The summed E-state index contributed by atoms with van der Waals surface area (Å²) in [6.45, 7) is 2.98. The summed E-state index contributed by atoms with van der Waals surface area (Å²) in [7, 11) is 0. The lowest BCUT2D eigenvalue weighted by molar-refractivity contribution is 0.531. The van der Waals surface area contributed by atoms with Crippen molar-refractivity contribution in [1.29, 1.82) is 0 Å². The van der Waals surface area contributed by atoms with Crippen molar-refractivity contribution in [2.75, 3.05) is 17.2 Å². The Morgan fingerprint density at radius 2 is 2.29 bits per heavy atom. The quantitative estimate of drug-likeness (QED) is 0.859. The van der Waals surface area contributed by atoms with E-state index in [0.29, 0.717) is 11.9 Å². The second kappa shape index (κ2) is 5.29. The monoisotopic (exact) mass is 238 g/mol. The molecule has 2 rings (SSSR count). The van der Waals surface area contributed by atoms with Crippen LogP contribution >= 0.6 is 0 Å².